The number of nitrogens with zero attached hydrogens (tertiary/aromatic N) is 1. The fourth-order valence-corrected chi connectivity index (χ4v) is 5.37. The zero-order chi connectivity index (χ0) is 25.1. The number of rotatable bonds is 7. The second-order valence-electron chi connectivity index (χ2n) is 9.04. The number of methoxy groups -OCH3 is 1. The number of fused-ring (bicyclic) bond motifs is 2. The van der Waals surface area contributed by atoms with E-state index in [2.05, 4.69) is 5.32 Å². The van der Waals surface area contributed by atoms with Crippen molar-refractivity contribution in [3.05, 3.63) is 65.7 Å². The zero-order valence-corrected chi connectivity index (χ0v) is 19.5. The number of nitrogens with one attached hydrogen (secondary N) is 1. The number of hydrogen-bond acceptors (Lipinski definition) is 4. The fraction of sp³-hybridized carbons (Fsp3) is 0.462. The van der Waals surface area contributed by atoms with Gasteiger partial charge in [-0.2, -0.15) is 13.2 Å². The van der Waals surface area contributed by atoms with Crippen LogP contribution in [-0.4, -0.2) is 55.8 Å². The molecule has 1 spiro atoms. The molecule has 2 aromatic carbocycles. The van der Waals surface area contributed by atoms with E-state index in [1.54, 1.807) is 19.2 Å². The number of alkyl halides is 3. The minimum Gasteiger partial charge on any atom is -0.484 e. The number of halogens is 3. The summed E-state index contributed by atoms with van der Waals surface area (Å²) < 4.78 is 49.2. The molecule has 1 fully saturated rings. The van der Waals surface area contributed by atoms with Crippen molar-refractivity contribution in [2.45, 2.75) is 49.4 Å². The van der Waals surface area contributed by atoms with Crippen molar-refractivity contribution in [1.29, 1.82) is 0 Å². The van der Waals surface area contributed by atoms with Crippen LogP contribution < -0.4 is 10.1 Å². The van der Waals surface area contributed by atoms with Gasteiger partial charge in [0.2, 0.25) is 5.91 Å². The first-order valence-corrected chi connectivity index (χ1v) is 11.7. The van der Waals surface area contributed by atoms with Crippen LogP contribution >= 0.6 is 0 Å². The second-order valence-corrected chi connectivity index (χ2v) is 9.04. The highest BCUT2D eigenvalue weighted by molar-refractivity contribution is 5.79. The molecule has 6 nitrogen and oxygen atoms in total. The van der Waals surface area contributed by atoms with E-state index >= 15 is 0 Å². The zero-order valence-electron chi connectivity index (χ0n) is 19.5. The number of para-hydroxylation sites is 1. The van der Waals surface area contributed by atoms with E-state index < -0.39 is 36.4 Å². The first-order chi connectivity index (χ1) is 16.7. The van der Waals surface area contributed by atoms with Gasteiger partial charge in [0, 0.05) is 32.0 Å². The van der Waals surface area contributed by atoms with Gasteiger partial charge >= 0.3 is 6.18 Å². The molecule has 9 heteroatoms. The number of piperidine rings is 1. The summed E-state index contributed by atoms with van der Waals surface area (Å²) in [5.41, 5.74) is 1.54. The number of amides is 2. The summed E-state index contributed by atoms with van der Waals surface area (Å²) >= 11 is 0. The van der Waals surface area contributed by atoms with Gasteiger partial charge in [-0.1, -0.05) is 42.5 Å². The van der Waals surface area contributed by atoms with Crippen molar-refractivity contribution in [1.82, 2.24) is 10.2 Å². The lowest BCUT2D eigenvalue weighted by molar-refractivity contribution is -0.150. The molecule has 1 heterocycles. The Morgan fingerprint density at radius 3 is 2.37 bits per heavy atom. The van der Waals surface area contributed by atoms with Crippen LogP contribution in [0.5, 0.6) is 5.75 Å². The van der Waals surface area contributed by atoms with Crippen LogP contribution in [0.3, 0.4) is 0 Å². The first-order valence-electron chi connectivity index (χ1n) is 11.7. The lowest BCUT2D eigenvalue weighted by Gasteiger charge is -2.44. The Kier molecular flexibility index (Phi) is 7.35. The van der Waals surface area contributed by atoms with Gasteiger partial charge in [0.05, 0.1) is 18.6 Å². The average molecular weight is 491 g/mol. The highest BCUT2D eigenvalue weighted by atomic mass is 19.4. The van der Waals surface area contributed by atoms with E-state index in [0.29, 0.717) is 31.7 Å². The molecule has 2 amide bonds. The normalized spacial score (nSPS) is 21.0. The standard InChI is InChI=1S/C26H29F3N2O4/c1-34-24-23(30-21(32)17-35-18-7-3-2-4-8-18)19-9-5-6-10-20(19)25(24)13-15-31(16-14-25)22(33)11-12-26(27,28)29/h2-10,23-24H,11-17H2,1H3,(H,30,32)/t23-,24+/m1/s1. The molecule has 1 N–H and O–H groups in total. The van der Waals surface area contributed by atoms with Crippen molar-refractivity contribution in [3.63, 3.8) is 0 Å². The SMILES string of the molecule is CO[C@H]1[C@H](NC(=O)COc2ccccc2)c2ccccc2C12CCN(C(=O)CCC(F)(F)F)CC2. The predicted octanol–water partition coefficient (Wildman–Crippen LogP) is 4.15. The maximum absolute atomic E-state index is 12.8. The summed E-state index contributed by atoms with van der Waals surface area (Å²) in [6.45, 7) is 0.527. The largest absolute Gasteiger partial charge is 0.484 e. The van der Waals surface area contributed by atoms with E-state index in [1.165, 1.54) is 4.90 Å². The Hall–Kier alpha value is -3.07. The Balaban J connectivity index is 1.46. The third-order valence-corrected chi connectivity index (χ3v) is 6.99. The number of likely N-dealkylation sites (tertiary alicyclic amines) is 1. The van der Waals surface area contributed by atoms with E-state index in [1.807, 2.05) is 42.5 Å². The van der Waals surface area contributed by atoms with E-state index in [0.717, 1.165) is 11.1 Å². The molecule has 1 saturated heterocycles. The first kappa shape index (κ1) is 25.0. The van der Waals surface area contributed by atoms with E-state index in [4.69, 9.17) is 9.47 Å². The highest BCUT2D eigenvalue weighted by Gasteiger charge is 2.54. The summed E-state index contributed by atoms with van der Waals surface area (Å²) in [7, 11) is 1.60. The maximum Gasteiger partial charge on any atom is 0.389 e. The van der Waals surface area contributed by atoms with E-state index in [9.17, 15) is 22.8 Å². The molecule has 0 radical (unpaired) electrons. The molecule has 0 unspecified atom stereocenters. The Labute approximate surface area is 202 Å². The molecule has 35 heavy (non-hydrogen) atoms. The molecule has 188 valence electrons. The summed E-state index contributed by atoms with van der Waals surface area (Å²) in [4.78, 5) is 26.6. The van der Waals surface area contributed by atoms with Gasteiger partial charge in [-0.05, 0) is 36.1 Å². The smallest absolute Gasteiger partial charge is 0.389 e. The van der Waals surface area contributed by atoms with Crippen molar-refractivity contribution >= 4 is 11.8 Å². The molecule has 0 bridgehead atoms. The predicted molar refractivity (Wildman–Crippen MR) is 123 cm³/mol. The van der Waals surface area contributed by atoms with Crippen LogP contribution in [0.4, 0.5) is 13.2 Å². The molecule has 2 atom stereocenters. The van der Waals surface area contributed by atoms with Gasteiger partial charge in [-0.15, -0.1) is 0 Å². The van der Waals surface area contributed by atoms with Crippen molar-refractivity contribution in [2.24, 2.45) is 0 Å². The third-order valence-electron chi connectivity index (χ3n) is 6.99. The lowest BCUT2D eigenvalue weighted by atomic mass is 9.71. The molecule has 2 aromatic rings. The Morgan fingerprint density at radius 2 is 1.71 bits per heavy atom. The highest BCUT2D eigenvalue weighted by Crippen LogP contribution is 2.52. The fourth-order valence-electron chi connectivity index (χ4n) is 5.37. The van der Waals surface area contributed by atoms with Crippen molar-refractivity contribution in [3.8, 4) is 5.75 Å². The number of carbonyl (C=O) groups is 2. The Bertz CT molecular complexity index is 1040. The number of ether oxygens (including phenoxy) is 2. The molecule has 1 aliphatic carbocycles. The quantitative estimate of drug-likeness (QED) is 0.633. The molecule has 0 saturated carbocycles. The topological polar surface area (TPSA) is 67.9 Å². The van der Waals surface area contributed by atoms with Gasteiger partial charge in [0.25, 0.3) is 5.91 Å². The number of benzene rings is 2. The number of hydrogen-bond donors (Lipinski definition) is 1. The minimum absolute atomic E-state index is 0.145. The van der Waals surface area contributed by atoms with Gasteiger partial charge in [0.15, 0.2) is 6.61 Å². The second kappa shape index (κ2) is 10.3. The van der Waals surface area contributed by atoms with Crippen LogP contribution in [0.15, 0.2) is 54.6 Å². The maximum atomic E-state index is 12.8. The van der Waals surface area contributed by atoms with Crippen LogP contribution in [0.1, 0.15) is 42.9 Å². The summed E-state index contributed by atoms with van der Waals surface area (Å²) in [6, 6.07) is 16.4. The molecule has 0 aromatic heterocycles. The van der Waals surface area contributed by atoms with Gasteiger partial charge in [0.1, 0.15) is 5.75 Å². The van der Waals surface area contributed by atoms with Crippen molar-refractivity contribution < 1.29 is 32.2 Å². The van der Waals surface area contributed by atoms with E-state index in [-0.39, 0.29) is 18.6 Å². The Morgan fingerprint density at radius 1 is 1.06 bits per heavy atom. The monoisotopic (exact) mass is 490 g/mol. The summed E-state index contributed by atoms with van der Waals surface area (Å²) in [5.74, 6) is -0.176. The molecule has 4 rings (SSSR count). The molecular weight excluding hydrogens is 461 g/mol. The third kappa shape index (κ3) is 5.45. The molecule has 1 aliphatic heterocycles. The summed E-state index contributed by atoms with van der Waals surface area (Å²) in [6.07, 6.45) is -5.32. The number of carbonyl (C=O) groups excluding carboxylic acids is 2. The molecular formula is C26H29F3N2O4. The van der Waals surface area contributed by atoms with Crippen LogP contribution in [-0.2, 0) is 19.7 Å². The van der Waals surface area contributed by atoms with Crippen LogP contribution in [0.25, 0.3) is 0 Å². The van der Waals surface area contributed by atoms with Crippen LogP contribution in [0.2, 0.25) is 0 Å². The van der Waals surface area contributed by atoms with Gasteiger partial charge in [-0.25, -0.2) is 0 Å². The lowest BCUT2D eigenvalue weighted by Crippen LogP contribution is -2.52. The molecule has 2 aliphatic rings. The van der Waals surface area contributed by atoms with Gasteiger partial charge < -0.3 is 19.7 Å². The van der Waals surface area contributed by atoms with Gasteiger partial charge in [-0.3, -0.25) is 9.59 Å². The average Bonchev–Trinajstić information content (AvgIpc) is 3.10. The van der Waals surface area contributed by atoms with Crippen molar-refractivity contribution in [2.75, 3.05) is 26.8 Å². The van der Waals surface area contributed by atoms with Crippen LogP contribution in [0, 0.1) is 0 Å². The minimum atomic E-state index is -4.35. The summed E-state index contributed by atoms with van der Waals surface area (Å²) in [5, 5.41) is 3.05.